The van der Waals surface area contributed by atoms with Crippen LogP contribution in [0.3, 0.4) is 0 Å². The van der Waals surface area contributed by atoms with Gasteiger partial charge in [0.25, 0.3) is 5.13 Å². The molecule has 294 valence electrons. The van der Waals surface area contributed by atoms with E-state index in [1.54, 1.807) is 47.1 Å². The van der Waals surface area contributed by atoms with Crippen molar-refractivity contribution < 1.29 is 52.7 Å². The number of sulfonamides is 2. The van der Waals surface area contributed by atoms with Gasteiger partial charge in [-0.1, -0.05) is 41.7 Å². The van der Waals surface area contributed by atoms with Gasteiger partial charge < -0.3 is 14.5 Å². The predicted molar refractivity (Wildman–Crippen MR) is 195 cm³/mol. The first-order valence-electron chi connectivity index (χ1n) is 15.0. The second kappa shape index (κ2) is 19.7. The van der Waals surface area contributed by atoms with Crippen LogP contribution < -0.4 is 19.2 Å². The largest absolute Gasteiger partial charge is 0.516 e. The Balaban J connectivity index is 0.000000413. The average molecular weight is 825 g/mol. The number of alkyl halides is 6. The molecule has 0 atom stereocenters. The summed E-state index contributed by atoms with van der Waals surface area (Å²) in [7, 11) is -11.2. The van der Waals surface area contributed by atoms with Gasteiger partial charge in [0.2, 0.25) is 5.01 Å². The van der Waals surface area contributed by atoms with Gasteiger partial charge in [0.1, 0.15) is 5.69 Å². The number of halogens is 6. The Labute approximate surface area is 311 Å². The number of ether oxygens (including phenoxy) is 1. The fourth-order valence-corrected chi connectivity index (χ4v) is 5.58. The molecule has 0 aliphatic rings. The number of carbonyl (C=O) groups is 1. The van der Waals surface area contributed by atoms with Gasteiger partial charge in [-0.05, 0) is 43.3 Å². The summed E-state index contributed by atoms with van der Waals surface area (Å²) in [5.74, 6) is -0.719. The van der Waals surface area contributed by atoms with Crippen molar-refractivity contribution in [2.24, 2.45) is 10.2 Å². The highest BCUT2D eigenvalue weighted by atomic mass is 32.2. The van der Waals surface area contributed by atoms with Gasteiger partial charge in [0.15, 0.2) is 0 Å². The van der Waals surface area contributed by atoms with E-state index in [9.17, 15) is 48.0 Å². The number of azo groups is 1. The standard InChI is InChI=1S/C18H19F3N6O4S2.C13H15F3N2O2S/c1-4-9-27(10-5-2)12-7-8-13(14(11-12)26-33(29,30)18(19,20)21)22-24-17-25-23-15(32-17)16(28)31-6-3;1-3-8-18(9-4-2)12-7-5-6-11(10-12)17-21(19,20)13(14,15)16/h4-5,7-8,11,26H,1-2,6,9-10H2,3H3;3-7,10,17H,1-2,8-9H2. The van der Waals surface area contributed by atoms with Crippen molar-refractivity contribution in [3.05, 3.63) is 98.1 Å². The zero-order valence-electron chi connectivity index (χ0n) is 28.3. The minimum Gasteiger partial charge on any atom is -0.461 e. The van der Waals surface area contributed by atoms with Crippen molar-refractivity contribution in [2.75, 3.05) is 52.0 Å². The van der Waals surface area contributed by atoms with Crippen LogP contribution in [-0.4, -0.2) is 76.8 Å². The van der Waals surface area contributed by atoms with Gasteiger partial charge in [-0.25, -0.2) is 4.79 Å². The van der Waals surface area contributed by atoms with E-state index in [4.69, 9.17) is 4.74 Å². The molecule has 23 heteroatoms. The van der Waals surface area contributed by atoms with Crippen LogP contribution in [0.2, 0.25) is 0 Å². The summed E-state index contributed by atoms with van der Waals surface area (Å²) in [5.41, 5.74) is -10.8. The van der Waals surface area contributed by atoms with E-state index in [-0.39, 0.29) is 28.1 Å². The van der Waals surface area contributed by atoms with Gasteiger partial charge in [0, 0.05) is 37.6 Å². The van der Waals surface area contributed by atoms with Crippen molar-refractivity contribution in [1.82, 2.24) is 10.2 Å². The van der Waals surface area contributed by atoms with Crippen molar-refractivity contribution in [2.45, 2.75) is 17.9 Å². The first kappa shape index (κ1) is 44.9. The number of anilines is 4. The zero-order valence-corrected chi connectivity index (χ0v) is 30.8. The maximum Gasteiger partial charge on any atom is 0.516 e. The van der Waals surface area contributed by atoms with E-state index < -0.39 is 42.7 Å². The molecular formula is C31H34F6N8O6S3. The maximum absolute atomic E-state index is 12.9. The number of nitrogens with zero attached hydrogens (tertiary/aromatic N) is 6. The van der Waals surface area contributed by atoms with Crippen molar-refractivity contribution >= 4 is 70.9 Å². The van der Waals surface area contributed by atoms with Gasteiger partial charge in [-0.2, -0.15) is 43.2 Å². The molecule has 0 aliphatic heterocycles. The van der Waals surface area contributed by atoms with Gasteiger partial charge in [-0.15, -0.1) is 46.7 Å². The monoisotopic (exact) mass is 824 g/mol. The molecule has 0 spiro atoms. The van der Waals surface area contributed by atoms with Crippen molar-refractivity contribution in [3.8, 4) is 0 Å². The quantitative estimate of drug-likeness (QED) is 0.0560. The van der Waals surface area contributed by atoms with Crippen LogP contribution in [0.5, 0.6) is 0 Å². The number of nitrogens with one attached hydrogen (secondary N) is 2. The van der Waals surface area contributed by atoms with Gasteiger partial charge in [-0.3, -0.25) is 9.44 Å². The lowest BCUT2D eigenvalue weighted by Crippen LogP contribution is -2.30. The summed E-state index contributed by atoms with van der Waals surface area (Å²) in [5, 5.41) is 14.6. The molecule has 1 aromatic heterocycles. The average Bonchev–Trinajstić information content (AvgIpc) is 3.56. The number of rotatable bonds is 18. The highest BCUT2D eigenvalue weighted by Crippen LogP contribution is 2.35. The fourth-order valence-electron chi connectivity index (χ4n) is 3.89. The van der Waals surface area contributed by atoms with E-state index in [1.807, 2.05) is 0 Å². The first-order valence-corrected chi connectivity index (χ1v) is 18.8. The summed E-state index contributed by atoms with van der Waals surface area (Å²) < 4.78 is 129. The number of benzene rings is 2. The molecule has 0 fully saturated rings. The lowest BCUT2D eigenvalue weighted by molar-refractivity contribution is -0.0435. The summed E-state index contributed by atoms with van der Waals surface area (Å²) in [6.45, 7) is 17.7. The summed E-state index contributed by atoms with van der Waals surface area (Å²) in [6, 6.07) is 9.63. The lowest BCUT2D eigenvalue weighted by Gasteiger charge is -2.23. The minimum absolute atomic E-state index is 0.0910. The van der Waals surface area contributed by atoms with Crippen LogP contribution in [0.15, 0.2) is 103 Å². The number of hydrogen-bond donors (Lipinski definition) is 2. The van der Waals surface area contributed by atoms with Crippen LogP contribution in [0.25, 0.3) is 0 Å². The molecule has 0 aliphatic carbocycles. The molecule has 2 N–H and O–H groups in total. The van der Waals surface area contributed by atoms with Crippen LogP contribution in [0, 0.1) is 0 Å². The molecule has 0 bridgehead atoms. The van der Waals surface area contributed by atoms with Crippen LogP contribution in [-0.2, 0) is 24.8 Å². The fraction of sp³-hybridized carbons (Fsp3) is 0.258. The predicted octanol–water partition coefficient (Wildman–Crippen LogP) is 7.70. The highest BCUT2D eigenvalue weighted by molar-refractivity contribution is 7.93. The maximum atomic E-state index is 12.9. The molecule has 0 unspecified atom stereocenters. The van der Waals surface area contributed by atoms with Crippen LogP contribution >= 0.6 is 11.3 Å². The Hall–Kier alpha value is -5.29. The number of esters is 1. The van der Waals surface area contributed by atoms with Gasteiger partial charge in [0.05, 0.1) is 18.0 Å². The first-order chi connectivity index (χ1) is 25.2. The summed E-state index contributed by atoms with van der Waals surface area (Å²) in [6.07, 6.45) is 6.37. The van der Waals surface area contributed by atoms with Crippen LogP contribution in [0.4, 0.5) is 59.9 Å². The van der Waals surface area contributed by atoms with E-state index in [2.05, 4.69) is 46.7 Å². The Morgan fingerprint density at radius 2 is 1.31 bits per heavy atom. The molecule has 54 heavy (non-hydrogen) atoms. The second-order valence-corrected chi connectivity index (χ2v) is 14.4. The molecule has 1 heterocycles. The Morgan fingerprint density at radius 1 is 0.796 bits per heavy atom. The van der Waals surface area contributed by atoms with Crippen LogP contribution in [0.1, 0.15) is 16.7 Å². The summed E-state index contributed by atoms with van der Waals surface area (Å²) in [4.78, 5) is 15.1. The normalized spacial score (nSPS) is 11.8. The molecule has 0 radical (unpaired) electrons. The Bertz CT molecular complexity index is 2020. The minimum atomic E-state index is -5.73. The molecule has 0 saturated heterocycles. The van der Waals surface area contributed by atoms with E-state index in [0.717, 1.165) is 11.3 Å². The lowest BCUT2D eigenvalue weighted by atomic mass is 10.2. The molecule has 0 amide bonds. The molecule has 3 rings (SSSR count). The number of hydrogen-bond acceptors (Lipinski definition) is 13. The van der Waals surface area contributed by atoms with Gasteiger partial charge >= 0.3 is 37.0 Å². The number of aromatic nitrogens is 2. The molecule has 14 nitrogen and oxygen atoms in total. The van der Waals surface area contributed by atoms with E-state index in [0.29, 0.717) is 37.6 Å². The molecular weight excluding hydrogens is 791 g/mol. The topological polar surface area (TPSA) is 176 Å². The Morgan fingerprint density at radius 3 is 1.81 bits per heavy atom. The SMILES string of the molecule is C=CCN(CC=C)c1ccc(N=Nc2nnc(C(=O)OCC)s2)c(NS(=O)(=O)C(F)(F)F)c1.C=CCN(CC=C)c1cccc(NS(=O)(=O)C(F)(F)F)c1. The van der Waals surface area contributed by atoms with E-state index in [1.165, 1.54) is 45.8 Å². The molecule has 2 aromatic carbocycles. The molecule has 0 saturated carbocycles. The van der Waals surface area contributed by atoms with Crippen molar-refractivity contribution in [1.29, 1.82) is 0 Å². The third-order valence-electron chi connectivity index (χ3n) is 6.17. The molecule has 3 aromatic rings. The second-order valence-electron chi connectivity index (χ2n) is 10.1. The van der Waals surface area contributed by atoms with E-state index >= 15 is 0 Å². The van der Waals surface area contributed by atoms with Crippen molar-refractivity contribution in [3.63, 3.8) is 0 Å². The smallest absolute Gasteiger partial charge is 0.461 e. The zero-order chi connectivity index (χ0) is 40.7. The third-order valence-corrected chi connectivity index (χ3v) is 9.17. The Kier molecular flexibility index (Phi) is 16.4. The summed E-state index contributed by atoms with van der Waals surface area (Å²) >= 11 is 0.738. The number of carbonyl (C=O) groups excluding carboxylic acids is 1. The highest BCUT2D eigenvalue weighted by Gasteiger charge is 2.47. The third kappa shape index (κ3) is 13.0.